The summed E-state index contributed by atoms with van der Waals surface area (Å²) >= 11 is 0. The van der Waals surface area contributed by atoms with Gasteiger partial charge in [-0.15, -0.1) is 0 Å². The van der Waals surface area contributed by atoms with Crippen LogP contribution in [-0.2, 0) is 6.61 Å². The van der Waals surface area contributed by atoms with Crippen molar-refractivity contribution in [3.05, 3.63) is 65.6 Å². The van der Waals surface area contributed by atoms with Crippen LogP contribution in [0.4, 0.5) is 0 Å². The summed E-state index contributed by atoms with van der Waals surface area (Å²) in [6, 6.07) is 10.9. The van der Waals surface area contributed by atoms with E-state index in [0.29, 0.717) is 36.1 Å². The number of carbonyl (C=O) groups is 1. The average molecular weight is 380 g/mol. The molecule has 1 aromatic carbocycles. The van der Waals surface area contributed by atoms with Gasteiger partial charge in [-0.3, -0.25) is 9.78 Å². The van der Waals surface area contributed by atoms with Gasteiger partial charge in [0, 0.05) is 25.0 Å². The standard InChI is InChI=1S/C20H20N4O4/c1-13-3-4-14(9-21-13)20(25)24-10-15(11-24)19-22-18(28-23-19)12-27-17-7-5-16(26-2)6-8-17/h3-9,15H,10-12H2,1-2H3. The predicted molar refractivity (Wildman–Crippen MR) is 99.2 cm³/mol. The molecule has 0 unspecified atom stereocenters. The summed E-state index contributed by atoms with van der Waals surface area (Å²) in [7, 11) is 1.61. The van der Waals surface area contributed by atoms with E-state index in [4.69, 9.17) is 14.0 Å². The second-order valence-corrected chi connectivity index (χ2v) is 6.61. The number of hydrogen-bond acceptors (Lipinski definition) is 7. The largest absolute Gasteiger partial charge is 0.497 e. The quantitative estimate of drug-likeness (QED) is 0.649. The monoisotopic (exact) mass is 380 g/mol. The molecule has 4 rings (SSSR count). The van der Waals surface area contributed by atoms with Crippen LogP contribution in [0.5, 0.6) is 11.5 Å². The van der Waals surface area contributed by atoms with E-state index in [0.717, 1.165) is 11.4 Å². The van der Waals surface area contributed by atoms with E-state index < -0.39 is 0 Å². The Morgan fingerprint density at radius 3 is 2.61 bits per heavy atom. The van der Waals surface area contributed by atoms with Crippen LogP contribution < -0.4 is 9.47 Å². The van der Waals surface area contributed by atoms with E-state index >= 15 is 0 Å². The Kier molecular flexibility index (Phi) is 4.92. The molecular formula is C20H20N4O4. The normalized spacial score (nSPS) is 13.9. The molecule has 0 spiro atoms. The van der Waals surface area contributed by atoms with E-state index in [2.05, 4.69) is 15.1 Å². The second-order valence-electron chi connectivity index (χ2n) is 6.61. The summed E-state index contributed by atoms with van der Waals surface area (Å²) in [6.45, 7) is 3.19. The first-order valence-electron chi connectivity index (χ1n) is 8.93. The average Bonchev–Trinajstić information content (AvgIpc) is 3.14. The second kappa shape index (κ2) is 7.67. The van der Waals surface area contributed by atoms with Crippen molar-refractivity contribution in [1.29, 1.82) is 0 Å². The van der Waals surface area contributed by atoms with E-state index in [9.17, 15) is 4.79 Å². The van der Waals surface area contributed by atoms with Gasteiger partial charge in [0.25, 0.3) is 11.8 Å². The van der Waals surface area contributed by atoms with Gasteiger partial charge in [-0.05, 0) is 43.3 Å². The highest BCUT2D eigenvalue weighted by molar-refractivity contribution is 5.94. The number of rotatable bonds is 6. The number of aromatic nitrogens is 3. The van der Waals surface area contributed by atoms with Crippen molar-refractivity contribution in [2.24, 2.45) is 0 Å². The maximum absolute atomic E-state index is 12.4. The van der Waals surface area contributed by atoms with Crippen molar-refractivity contribution in [2.75, 3.05) is 20.2 Å². The Bertz CT molecular complexity index is 947. The third kappa shape index (κ3) is 3.80. The smallest absolute Gasteiger partial charge is 0.264 e. The van der Waals surface area contributed by atoms with Gasteiger partial charge >= 0.3 is 0 Å². The van der Waals surface area contributed by atoms with Crippen LogP contribution >= 0.6 is 0 Å². The number of likely N-dealkylation sites (tertiary alicyclic amines) is 1. The Labute approximate surface area is 162 Å². The molecule has 0 N–H and O–H groups in total. The molecule has 2 aromatic heterocycles. The maximum atomic E-state index is 12.4. The molecule has 1 aliphatic rings. The van der Waals surface area contributed by atoms with Crippen LogP contribution in [0.3, 0.4) is 0 Å². The van der Waals surface area contributed by atoms with Gasteiger partial charge < -0.3 is 18.9 Å². The van der Waals surface area contributed by atoms with Crippen LogP contribution in [0.25, 0.3) is 0 Å². The molecule has 1 aliphatic heterocycles. The minimum Gasteiger partial charge on any atom is -0.497 e. The Balaban J connectivity index is 1.29. The van der Waals surface area contributed by atoms with Crippen LogP contribution in [-0.4, -0.2) is 46.1 Å². The molecule has 28 heavy (non-hydrogen) atoms. The molecular weight excluding hydrogens is 360 g/mol. The first kappa shape index (κ1) is 18.0. The van der Waals surface area contributed by atoms with Crippen molar-refractivity contribution >= 4 is 5.91 Å². The van der Waals surface area contributed by atoms with Gasteiger partial charge in [0.2, 0.25) is 0 Å². The van der Waals surface area contributed by atoms with Crippen molar-refractivity contribution in [3.8, 4) is 11.5 Å². The molecule has 8 heteroatoms. The number of carbonyl (C=O) groups excluding carboxylic acids is 1. The highest BCUT2D eigenvalue weighted by Gasteiger charge is 2.35. The van der Waals surface area contributed by atoms with Gasteiger partial charge in [0.1, 0.15) is 11.5 Å². The van der Waals surface area contributed by atoms with Crippen LogP contribution in [0.15, 0.2) is 47.1 Å². The van der Waals surface area contributed by atoms with Crippen molar-refractivity contribution in [3.63, 3.8) is 0 Å². The number of benzene rings is 1. The lowest BCUT2D eigenvalue weighted by Gasteiger charge is -2.37. The number of hydrogen-bond donors (Lipinski definition) is 0. The third-order valence-corrected chi connectivity index (χ3v) is 4.60. The molecule has 144 valence electrons. The highest BCUT2D eigenvalue weighted by atomic mass is 16.5. The number of methoxy groups -OCH3 is 1. The first-order chi connectivity index (χ1) is 13.6. The SMILES string of the molecule is COc1ccc(OCc2nc(C3CN(C(=O)c4ccc(C)nc4)C3)no2)cc1. The van der Waals surface area contributed by atoms with Crippen LogP contribution in [0, 0.1) is 6.92 Å². The molecule has 1 saturated heterocycles. The zero-order valence-corrected chi connectivity index (χ0v) is 15.7. The van der Waals surface area contributed by atoms with Gasteiger partial charge in [-0.1, -0.05) is 5.16 Å². The third-order valence-electron chi connectivity index (χ3n) is 4.60. The Morgan fingerprint density at radius 1 is 1.18 bits per heavy atom. The molecule has 0 aliphatic carbocycles. The molecule has 8 nitrogen and oxygen atoms in total. The number of nitrogens with zero attached hydrogens (tertiary/aromatic N) is 4. The fraction of sp³-hybridized carbons (Fsp3) is 0.300. The van der Waals surface area contributed by atoms with Crippen molar-refractivity contribution in [1.82, 2.24) is 20.0 Å². The molecule has 3 heterocycles. The lowest BCUT2D eigenvalue weighted by Crippen LogP contribution is -2.48. The van der Waals surface area contributed by atoms with E-state index in [1.807, 2.05) is 37.3 Å². The molecule has 3 aromatic rings. The van der Waals surface area contributed by atoms with Gasteiger partial charge in [-0.25, -0.2) is 0 Å². The zero-order chi connectivity index (χ0) is 19.5. The molecule has 0 atom stereocenters. The summed E-state index contributed by atoms with van der Waals surface area (Å²) in [4.78, 5) is 22.7. The summed E-state index contributed by atoms with van der Waals surface area (Å²) in [5.74, 6) is 2.49. The van der Waals surface area contributed by atoms with Gasteiger partial charge in [-0.2, -0.15) is 4.98 Å². The number of aryl methyl sites for hydroxylation is 1. The van der Waals surface area contributed by atoms with Gasteiger partial charge in [0.05, 0.1) is 18.6 Å². The minimum atomic E-state index is -0.0321. The first-order valence-corrected chi connectivity index (χ1v) is 8.93. The fourth-order valence-corrected chi connectivity index (χ4v) is 2.89. The van der Waals surface area contributed by atoms with E-state index in [-0.39, 0.29) is 18.4 Å². The highest BCUT2D eigenvalue weighted by Crippen LogP contribution is 2.26. The molecule has 0 bridgehead atoms. The van der Waals surface area contributed by atoms with Crippen LogP contribution in [0.2, 0.25) is 0 Å². The topological polar surface area (TPSA) is 90.6 Å². The lowest BCUT2D eigenvalue weighted by atomic mass is 9.98. The van der Waals surface area contributed by atoms with Crippen molar-refractivity contribution < 1.29 is 18.8 Å². The van der Waals surface area contributed by atoms with Crippen LogP contribution in [0.1, 0.15) is 33.7 Å². The number of ether oxygens (including phenoxy) is 2. The maximum Gasteiger partial charge on any atom is 0.264 e. The molecule has 0 saturated carbocycles. The molecule has 0 radical (unpaired) electrons. The lowest BCUT2D eigenvalue weighted by molar-refractivity contribution is 0.0592. The Hall–Kier alpha value is -3.42. The number of amides is 1. The summed E-state index contributed by atoms with van der Waals surface area (Å²) in [5, 5.41) is 4.02. The summed E-state index contributed by atoms with van der Waals surface area (Å²) in [5.41, 5.74) is 1.47. The molecule has 1 fully saturated rings. The summed E-state index contributed by atoms with van der Waals surface area (Å²) < 4.78 is 16.0. The van der Waals surface area contributed by atoms with Crippen molar-refractivity contribution in [2.45, 2.75) is 19.4 Å². The zero-order valence-electron chi connectivity index (χ0n) is 15.7. The Morgan fingerprint density at radius 2 is 1.93 bits per heavy atom. The molecule has 1 amide bonds. The summed E-state index contributed by atoms with van der Waals surface area (Å²) in [6.07, 6.45) is 1.61. The predicted octanol–water partition coefficient (Wildman–Crippen LogP) is 2.60. The minimum absolute atomic E-state index is 0.0321. The number of pyridine rings is 1. The van der Waals surface area contributed by atoms with Gasteiger partial charge in [0.15, 0.2) is 12.4 Å². The fourth-order valence-electron chi connectivity index (χ4n) is 2.89. The van der Waals surface area contributed by atoms with E-state index in [1.54, 1.807) is 24.3 Å². The van der Waals surface area contributed by atoms with E-state index in [1.165, 1.54) is 0 Å².